The molecular formula is C17H26N2OS. The highest BCUT2D eigenvalue weighted by Crippen LogP contribution is 2.29. The molecule has 3 nitrogen and oxygen atoms in total. The summed E-state index contributed by atoms with van der Waals surface area (Å²) in [6.45, 7) is 6.20. The summed E-state index contributed by atoms with van der Waals surface area (Å²) in [5.74, 6) is 1.23. The molecule has 1 saturated carbocycles. The Balaban J connectivity index is 1.79. The first-order valence-electron chi connectivity index (χ1n) is 7.83. The van der Waals surface area contributed by atoms with Gasteiger partial charge in [0.1, 0.15) is 0 Å². The van der Waals surface area contributed by atoms with Crippen LogP contribution in [-0.4, -0.2) is 29.0 Å². The maximum absolute atomic E-state index is 12.2. The van der Waals surface area contributed by atoms with E-state index in [2.05, 4.69) is 17.6 Å². The third-order valence-corrected chi connectivity index (χ3v) is 5.22. The fraction of sp³-hybridized carbons (Fsp3) is 0.588. The van der Waals surface area contributed by atoms with Crippen LogP contribution in [0, 0.1) is 6.92 Å². The molecule has 0 heterocycles. The molecule has 1 aromatic rings. The highest BCUT2D eigenvalue weighted by atomic mass is 32.2. The van der Waals surface area contributed by atoms with Crippen molar-refractivity contribution in [3.63, 3.8) is 0 Å². The maximum atomic E-state index is 12.2. The number of carbonyl (C=O) groups is 1. The van der Waals surface area contributed by atoms with Crippen LogP contribution in [0.15, 0.2) is 24.3 Å². The number of thioether (sulfide) groups is 1. The van der Waals surface area contributed by atoms with E-state index in [1.807, 2.05) is 49.9 Å². The quantitative estimate of drug-likeness (QED) is 0.844. The van der Waals surface area contributed by atoms with E-state index in [1.54, 1.807) is 0 Å². The van der Waals surface area contributed by atoms with E-state index in [9.17, 15) is 4.79 Å². The molecule has 1 aliphatic rings. The van der Waals surface area contributed by atoms with E-state index < -0.39 is 0 Å². The fourth-order valence-electron chi connectivity index (χ4n) is 2.80. The van der Waals surface area contributed by atoms with Gasteiger partial charge in [-0.2, -0.15) is 11.8 Å². The lowest BCUT2D eigenvalue weighted by molar-refractivity contribution is -0.117. The van der Waals surface area contributed by atoms with Crippen molar-refractivity contribution in [2.24, 2.45) is 0 Å². The van der Waals surface area contributed by atoms with Gasteiger partial charge in [-0.15, -0.1) is 0 Å². The van der Waals surface area contributed by atoms with Gasteiger partial charge in [0, 0.05) is 17.0 Å². The fourth-order valence-corrected chi connectivity index (χ4v) is 3.94. The second-order valence-corrected chi connectivity index (χ2v) is 7.41. The minimum atomic E-state index is -0.151. The van der Waals surface area contributed by atoms with E-state index in [4.69, 9.17) is 0 Å². The van der Waals surface area contributed by atoms with Crippen molar-refractivity contribution in [1.29, 1.82) is 0 Å². The minimum absolute atomic E-state index is 0.0467. The largest absolute Gasteiger partial charge is 0.325 e. The average molecular weight is 306 g/mol. The van der Waals surface area contributed by atoms with Gasteiger partial charge in [-0.1, -0.05) is 24.6 Å². The SMILES string of the molecule is CCSC1CCC(NC(C)C(=O)Nc2ccc(C)cc2)C1. The molecule has 0 aliphatic heterocycles. The summed E-state index contributed by atoms with van der Waals surface area (Å²) in [5, 5.41) is 7.21. The topological polar surface area (TPSA) is 41.1 Å². The first-order valence-corrected chi connectivity index (χ1v) is 8.88. The molecule has 116 valence electrons. The normalized spacial score (nSPS) is 23.0. The standard InChI is InChI=1S/C17H26N2OS/c1-4-21-16-10-9-15(11-16)18-13(3)17(20)19-14-7-5-12(2)6-8-14/h5-8,13,15-16,18H,4,9-11H2,1-3H3,(H,19,20). The van der Waals surface area contributed by atoms with Crippen LogP contribution in [0.5, 0.6) is 0 Å². The molecule has 0 aromatic heterocycles. The van der Waals surface area contributed by atoms with Crippen LogP contribution >= 0.6 is 11.8 Å². The number of benzene rings is 1. The third-order valence-electron chi connectivity index (χ3n) is 3.98. The van der Waals surface area contributed by atoms with Gasteiger partial charge in [0.05, 0.1) is 6.04 Å². The summed E-state index contributed by atoms with van der Waals surface area (Å²) in [7, 11) is 0. The zero-order valence-corrected chi connectivity index (χ0v) is 14.0. The molecule has 21 heavy (non-hydrogen) atoms. The molecule has 4 heteroatoms. The maximum Gasteiger partial charge on any atom is 0.241 e. The lowest BCUT2D eigenvalue weighted by Gasteiger charge is -2.19. The molecule has 3 atom stereocenters. The second-order valence-electron chi connectivity index (χ2n) is 5.83. The smallest absolute Gasteiger partial charge is 0.241 e. The van der Waals surface area contributed by atoms with Gasteiger partial charge in [0.2, 0.25) is 5.91 Å². The number of rotatable bonds is 6. The minimum Gasteiger partial charge on any atom is -0.325 e. The Morgan fingerprint density at radius 2 is 2.05 bits per heavy atom. The summed E-state index contributed by atoms with van der Waals surface area (Å²) >= 11 is 2.04. The monoisotopic (exact) mass is 306 g/mol. The predicted molar refractivity (Wildman–Crippen MR) is 92.0 cm³/mol. The Morgan fingerprint density at radius 3 is 2.71 bits per heavy atom. The molecule has 0 radical (unpaired) electrons. The lowest BCUT2D eigenvalue weighted by Crippen LogP contribution is -2.43. The molecule has 0 saturated heterocycles. The third kappa shape index (κ3) is 5.04. The Bertz CT molecular complexity index is 460. The zero-order chi connectivity index (χ0) is 15.2. The molecule has 1 aromatic carbocycles. The van der Waals surface area contributed by atoms with Crippen molar-refractivity contribution in [1.82, 2.24) is 5.32 Å². The van der Waals surface area contributed by atoms with Crippen LogP contribution in [-0.2, 0) is 4.79 Å². The number of amides is 1. The van der Waals surface area contributed by atoms with Crippen LogP contribution < -0.4 is 10.6 Å². The van der Waals surface area contributed by atoms with Crippen molar-refractivity contribution in [3.8, 4) is 0 Å². The summed E-state index contributed by atoms with van der Waals surface area (Å²) in [4.78, 5) is 12.2. The van der Waals surface area contributed by atoms with Gasteiger partial charge in [-0.3, -0.25) is 4.79 Å². The molecule has 2 rings (SSSR count). The summed E-state index contributed by atoms with van der Waals surface area (Å²) in [6, 6.07) is 8.25. The van der Waals surface area contributed by atoms with Gasteiger partial charge in [-0.25, -0.2) is 0 Å². The number of hydrogen-bond acceptors (Lipinski definition) is 3. The number of carbonyl (C=O) groups excluding carboxylic acids is 1. The van der Waals surface area contributed by atoms with Crippen LogP contribution in [0.25, 0.3) is 0 Å². The number of hydrogen-bond donors (Lipinski definition) is 2. The number of anilines is 1. The molecule has 1 fully saturated rings. The molecular weight excluding hydrogens is 280 g/mol. The first-order chi connectivity index (χ1) is 10.1. The number of nitrogens with one attached hydrogen (secondary N) is 2. The lowest BCUT2D eigenvalue weighted by atomic mass is 10.2. The van der Waals surface area contributed by atoms with Crippen LogP contribution in [0.1, 0.15) is 38.7 Å². The van der Waals surface area contributed by atoms with E-state index in [1.165, 1.54) is 30.6 Å². The van der Waals surface area contributed by atoms with Gasteiger partial charge in [-0.05, 0) is 51.0 Å². The van der Waals surface area contributed by atoms with E-state index >= 15 is 0 Å². The Kier molecular flexibility index (Phi) is 6.12. The van der Waals surface area contributed by atoms with Crippen molar-refractivity contribution >= 4 is 23.4 Å². The number of aryl methyl sites for hydroxylation is 1. The molecule has 0 spiro atoms. The van der Waals surface area contributed by atoms with Crippen LogP contribution in [0.3, 0.4) is 0 Å². The Hall–Kier alpha value is -1.00. The predicted octanol–water partition coefficient (Wildman–Crippen LogP) is 3.59. The van der Waals surface area contributed by atoms with Crippen molar-refractivity contribution in [2.45, 2.75) is 57.4 Å². The van der Waals surface area contributed by atoms with Crippen LogP contribution in [0.2, 0.25) is 0 Å². The van der Waals surface area contributed by atoms with Crippen LogP contribution in [0.4, 0.5) is 5.69 Å². The van der Waals surface area contributed by atoms with E-state index in [0.29, 0.717) is 6.04 Å². The summed E-state index contributed by atoms with van der Waals surface area (Å²) in [5.41, 5.74) is 2.06. The van der Waals surface area contributed by atoms with Gasteiger partial charge in [0.25, 0.3) is 0 Å². The summed E-state index contributed by atoms with van der Waals surface area (Å²) in [6.07, 6.45) is 3.63. The Labute approximate surface area is 132 Å². The van der Waals surface area contributed by atoms with Crippen molar-refractivity contribution in [3.05, 3.63) is 29.8 Å². The molecule has 0 bridgehead atoms. The molecule has 2 N–H and O–H groups in total. The van der Waals surface area contributed by atoms with E-state index in [0.717, 1.165) is 10.9 Å². The highest BCUT2D eigenvalue weighted by Gasteiger charge is 2.27. The zero-order valence-electron chi connectivity index (χ0n) is 13.2. The van der Waals surface area contributed by atoms with Crippen molar-refractivity contribution < 1.29 is 4.79 Å². The average Bonchev–Trinajstić information content (AvgIpc) is 2.89. The van der Waals surface area contributed by atoms with E-state index in [-0.39, 0.29) is 11.9 Å². The first kappa shape index (κ1) is 16.4. The molecule has 3 unspecified atom stereocenters. The van der Waals surface area contributed by atoms with Gasteiger partial charge in [0.15, 0.2) is 0 Å². The molecule has 1 aliphatic carbocycles. The second kappa shape index (κ2) is 7.85. The van der Waals surface area contributed by atoms with Crippen molar-refractivity contribution in [2.75, 3.05) is 11.1 Å². The van der Waals surface area contributed by atoms with Gasteiger partial charge < -0.3 is 10.6 Å². The van der Waals surface area contributed by atoms with Gasteiger partial charge >= 0.3 is 0 Å². The highest BCUT2D eigenvalue weighted by molar-refractivity contribution is 7.99. The Morgan fingerprint density at radius 1 is 1.33 bits per heavy atom. The summed E-state index contributed by atoms with van der Waals surface area (Å²) < 4.78 is 0. The molecule has 1 amide bonds.